The fourth-order valence-corrected chi connectivity index (χ4v) is 4.32. The molecular weight excluding hydrogens is 394 g/mol. The molecule has 2 aromatic rings. The standard InChI is InChI=1S/C24H27N3O4/c1-15(17-4-7-21(31-3)8-5-17)25-24(30)19-13-23(29)27(14-19)20-6-9-22-18(12-20)10-11-26(22)16(2)28/h4-9,12,15,19H,10-11,13-14H2,1-3H3,(H,25,30). The van der Waals surface area contributed by atoms with Crippen LogP contribution in [-0.2, 0) is 20.8 Å². The van der Waals surface area contributed by atoms with Gasteiger partial charge in [0.05, 0.1) is 19.1 Å². The smallest absolute Gasteiger partial charge is 0.227 e. The molecule has 0 saturated carbocycles. The first-order chi connectivity index (χ1) is 14.9. The lowest BCUT2D eigenvalue weighted by Crippen LogP contribution is -2.34. The topological polar surface area (TPSA) is 79.0 Å². The maximum Gasteiger partial charge on any atom is 0.227 e. The van der Waals surface area contributed by atoms with E-state index < -0.39 is 5.92 Å². The lowest BCUT2D eigenvalue weighted by Gasteiger charge is -2.20. The molecule has 3 amide bonds. The van der Waals surface area contributed by atoms with Gasteiger partial charge in [-0.1, -0.05) is 12.1 Å². The summed E-state index contributed by atoms with van der Waals surface area (Å²) >= 11 is 0. The normalized spacial score (nSPS) is 18.7. The second-order valence-corrected chi connectivity index (χ2v) is 8.14. The van der Waals surface area contributed by atoms with Crippen molar-refractivity contribution in [3.8, 4) is 5.75 Å². The van der Waals surface area contributed by atoms with E-state index in [0.29, 0.717) is 13.1 Å². The van der Waals surface area contributed by atoms with Crippen LogP contribution in [0.15, 0.2) is 42.5 Å². The Morgan fingerprint density at radius 1 is 1.16 bits per heavy atom. The molecule has 31 heavy (non-hydrogen) atoms. The highest BCUT2D eigenvalue weighted by Gasteiger charge is 2.36. The summed E-state index contributed by atoms with van der Waals surface area (Å²) < 4.78 is 5.17. The number of nitrogens with one attached hydrogen (secondary N) is 1. The quantitative estimate of drug-likeness (QED) is 0.805. The fraction of sp³-hybridized carbons (Fsp3) is 0.375. The fourth-order valence-electron chi connectivity index (χ4n) is 4.32. The lowest BCUT2D eigenvalue weighted by atomic mass is 10.0. The zero-order chi connectivity index (χ0) is 22.1. The van der Waals surface area contributed by atoms with Gasteiger partial charge in [0.2, 0.25) is 17.7 Å². The molecule has 7 nitrogen and oxygen atoms in total. The van der Waals surface area contributed by atoms with Gasteiger partial charge in [0.1, 0.15) is 5.75 Å². The summed E-state index contributed by atoms with van der Waals surface area (Å²) in [5.41, 5.74) is 3.73. The monoisotopic (exact) mass is 421 g/mol. The minimum absolute atomic E-state index is 0.0199. The third-order valence-corrected chi connectivity index (χ3v) is 6.12. The first-order valence-electron chi connectivity index (χ1n) is 10.5. The van der Waals surface area contributed by atoms with E-state index in [9.17, 15) is 14.4 Å². The van der Waals surface area contributed by atoms with Crippen molar-refractivity contribution < 1.29 is 19.1 Å². The number of fused-ring (bicyclic) bond motifs is 1. The average Bonchev–Trinajstić information content (AvgIpc) is 3.36. The Morgan fingerprint density at radius 3 is 2.58 bits per heavy atom. The van der Waals surface area contributed by atoms with Gasteiger partial charge in [-0.15, -0.1) is 0 Å². The number of methoxy groups -OCH3 is 1. The van der Waals surface area contributed by atoms with E-state index in [1.54, 1.807) is 23.8 Å². The van der Waals surface area contributed by atoms with Crippen molar-refractivity contribution in [2.75, 3.05) is 30.0 Å². The van der Waals surface area contributed by atoms with Gasteiger partial charge in [0.15, 0.2) is 0 Å². The van der Waals surface area contributed by atoms with Gasteiger partial charge in [-0.2, -0.15) is 0 Å². The number of amides is 3. The predicted octanol–water partition coefficient (Wildman–Crippen LogP) is 2.83. The van der Waals surface area contributed by atoms with Gasteiger partial charge in [-0.05, 0) is 54.8 Å². The molecular formula is C24H27N3O4. The molecule has 0 aliphatic carbocycles. The van der Waals surface area contributed by atoms with Crippen LogP contribution in [0.4, 0.5) is 11.4 Å². The van der Waals surface area contributed by atoms with Crippen LogP contribution >= 0.6 is 0 Å². The zero-order valence-corrected chi connectivity index (χ0v) is 18.1. The average molecular weight is 421 g/mol. The maximum absolute atomic E-state index is 12.8. The van der Waals surface area contributed by atoms with Crippen LogP contribution in [0.3, 0.4) is 0 Å². The molecule has 2 heterocycles. The SMILES string of the molecule is COc1ccc(C(C)NC(=O)C2CC(=O)N(c3ccc4c(c3)CCN4C(C)=O)C2)cc1. The zero-order valence-electron chi connectivity index (χ0n) is 18.1. The van der Waals surface area contributed by atoms with Crippen molar-refractivity contribution in [1.29, 1.82) is 0 Å². The van der Waals surface area contributed by atoms with Gasteiger partial charge < -0.3 is 19.9 Å². The van der Waals surface area contributed by atoms with Crippen LogP contribution in [0.2, 0.25) is 0 Å². The van der Waals surface area contributed by atoms with E-state index in [1.807, 2.05) is 49.4 Å². The summed E-state index contributed by atoms with van der Waals surface area (Å²) in [7, 11) is 1.61. The largest absolute Gasteiger partial charge is 0.497 e. The van der Waals surface area contributed by atoms with Crippen LogP contribution in [0.25, 0.3) is 0 Å². The number of rotatable bonds is 5. The number of anilines is 2. The molecule has 162 valence electrons. The maximum atomic E-state index is 12.8. The number of ether oxygens (including phenoxy) is 1. The number of hydrogen-bond acceptors (Lipinski definition) is 4. The number of benzene rings is 2. The number of hydrogen-bond donors (Lipinski definition) is 1. The molecule has 0 bridgehead atoms. The van der Waals surface area contributed by atoms with Crippen molar-refractivity contribution in [3.05, 3.63) is 53.6 Å². The second kappa shape index (κ2) is 8.41. The molecule has 7 heteroatoms. The molecule has 0 radical (unpaired) electrons. The number of nitrogens with zero attached hydrogens (tertiary/aromatic N) is 2. The van der Waals surface area contributed by atoms with Gasteiger partial charge in [-0.25, -0.2) is 0 Å². The highest BCUT2D eigenvalue weighted by atomic mass is 16.5. The summed E-state index contributed by atoms with van der Waals surface area (Å²) in [5.74, 6) is 0.211. The molecule has 2 atom stereocenters. The van der Waals surface area contributed by atoms with Crippen LogP contribution < -0.4 is 19.9 Å². The Labute approximate surface area is 182 Å². The molecule has 1 N–H and O–H groups in total. The summed E-state index contributed by atoms with van der Waals surface area (Å²) in [6, 6.07) is 13.1. The minimum Gasteiger partial charge on any atom is -0.497 e. The highest BCUT2D eigenvalue weighted by Crippen LogP contribution is 2.34. The number of carbonyl (C=O) groups is 3. The Morgan fingerprint density at radius 2 is 1.90 bits per heavy atom. The van der Waals surface area contributed by atoms with Gasteiger partial charge in [0, 0.05) is 37.8 Å². The van der Waals surface area contributed by atoms with Crippen LogP contribution in [0.1, 0.15) is 37.4 Å². The van der Waals surface area contributed by atoms with Crippen LogP contribution in [0, 0.1) is 5.92 Å². The van der Waals surface area contributed by atoms with Crippen molar-refractivity contribution in [1.82, 2.24) is 5.32 Å². The lowest BCUT2D eigenvalue weighted by molar-refractivity contribution is -0.126. The molecule has 1 saturated heterocycles. The second-order valence-electron chi connectivity index (χ2n) is 8.14. The van der Waals surface area contributed by atoms with E-state index in [4.69, 9.17) is 4.74 Å². The molecule has 0 aromatic heterocycles. The van der Waals surface area contributed by atoms with E-state index in [0.717, 1.165) is 34.7 Å². The van der Waals surface area contributed by atoms with E-state index in [-0.39, 0.29) is 30.2 Å². The van der Waals surface area contributed by atoms with E-state index >= 15 is 0 Å². The van der Waals surface area contributed by atoms with Crippen LogP contribution in [-0.4, -0.2) is 37.9 Å². The Kier molecular flexibility index (Phi) is 5.67. The number of carbonyl (C=O) groups excluding carboxylic acids is 3. The Bertz CT molecular complexity index is 1020. The van der Waals surface area contributed by atoms with Crippen molar-refractivity contribution in [2.45, 2.75) is 32.7 Å². The van der Waals surface area contributed by atoms with Gasteiger partial charge in [0.25, 0.3) is 0 Å². The van der Waals surface area contributed by atoms with Crippen molar-refractivity contribution in [3.63, 3.8) is 0 Å². The Hall–Kier alpha value is -3.35. The summed E-state index contributed by atoms with van der Waals surface area (Å²) in [4.78, 5) is 40.7. The molecule has 2 aliphatic heterocycles. The van der Waals surface area contributed by atoms with Crippen molar-refractivity contribution >= 4 is 29.1 Å². The van der Waals surface area contributed by atoms with E-state index in [1.165, 1.54) is 0 Å². The van der Waals surface area contributed by atoms with Crippen molar-refractivity contribution in [2.24, 2.45) is 5.92 Å². The Balaban J connectivity index is 1.42. The molecule has 2 aromatic carbocycles. The first kappa shape index (κ1) is 20.9. The third kappa shape index (κ3) is 4.13. The molecule has 4 rings (SSSR count). The molecule has 1 fully saturated rings. The molecule has 0 spiro atoms. The summed E-state index contributed by atoms with van der Waals surface area (Å²) in [6.45, 7) is 4.50. The van der Waals surface area contributed by atoms with Crippen LogP contribution in [0.5, 0.6) is 5.75 Å². The van der Waals surface area contributed by atoms with Gasteiger partial charge in [-0.3, -0.25) is 14.4 Å². The van der Waals surface area contributed by atoms with E-state index in [2.05, 4.69) is 5.32 Å². The molecule has 2 aliphatic rings. The summed E-state index contributed by atoms with van der Waals surface area (Å²) in [6.07, 6.45) is 0.964. The highest BCUT2D eigenvalue weighted by molar-refractivity contribution is 6.01. The minimum atomic E-state index is -0.393. The summed E-state index contributed by atoms with van der Waals surface area (Å²) in [5, 5.41) is 3.03. The first-order valence-corrected chi connectivity index (χ1v) is 10.5. The van der Waals surface area contributed by atoms with Gasteiger partial charge >= 0.3 is 0 Å². The predicted molar refractivity (Wildman–Crippen MR) is 118 cm³/mol. The molecule has 2 unspecified atom stereocenters. The third-order valence-electron chi connectivity index (χ3n) is 6.12.